The number of likely N-dealkylation sites (tertiary alicyclic amines) is 1. The van der Waals surface area contributed by atoms with Crippen molar-refractivity contribution >= 4 is 28.9 Å². The third-order valence-corrected chi connectivity index (χ3v) is 5.84. The van der Waals surface area contributed by atoms with Gasteiger partial charge in [-0.25, -0.2) is 0 Å². The van der Waals surface area contributed by atoms with Gasteiger partial charge in [-0.2, -0.15) is 0 Å². The number of thiocarbonyl (C=S) groups is 1. The number of anilines is 1. The molecule has 1 amide bonds. The summed E-state index contributed by atoms with van der Waals surface area (Å²) < 4.78 is 6.19. The van der Waals surface area contributed by atoms with Crippen LogP contribution in [0.4, 0.5) is 5.69 Å². The summed E-state index contributed by atoms with van der Waals surface area (Å²) in [5.41, 5.74) is 3.54. The average Bonchev–Trinajstić information content (AvgIpc) is 3.10. The normalized spacial score (nSPS) is 19.4. The van der Waals surface area contributed by atoms with Crippen LogP contribution in [0.3, 0.4) is 0 Å². The summed E-state index contributed by atoms with van der Waals surface area (Å²) in [5, 5.41) is 6.28. The van der Waals surface area contributed by atoms with E-state index >= 15 is 0 Å². The van der Waals surface area contributed by atoms with Crippen molar-refractivity contribution in [3.05, 3.63) is 59.7 Å². The molecule has 0 bridgehead atoms. The Morgan fingerprint density at radius 2 is 1.90 bits per heavy atom. The van der Waals surface area contributed by atoms with E-state index in [0.29, 0.717) is 5.11 Å². The summed E-state index contributed by atoms with van der Waals surface area (Å²) >= 11 is 5.35. The highest BCUT2D eigenvalue weighted by molar-refractivity contribution is 7.80. The van der Waals surface area contributed by atoms with Crippen LogP contribution in [0.2, 0.25) is 0 Å². The van der Waals surface area contributed by atoms with Crippen molar-refractivity contribution in [1.82, 2.24) is 10.2 Å². The van der Waals surface area contributed by atoms with Crippen LogP contribution in [0, 0.1) is 5.92 Å². The average molecular weight is 410 g/mol. The zero-order valence-corrected chi connectivity index (χ0v) is 17.5. The lowest BCUT2D eigenvalue weighted by atomic mass is 9.98. The Balaban J connectivity index is 1.31. The molecule has 2 aromatic carbocycles. The maximum absolute atomic E-state index is 12.5. The molecule has 1 saturated heterocycles. The first-order valence-electron chi connectivity index (χ1n) is 10.2. The van der Waals surface area contributed by atoms with Gasteiger partial charge in [-0.15, -0.1) is 0 Å². The first-order valence-corrected chi connectivity index (χ1v) is 10.6. The van der Waals surface area contributed by atoms with E-state index in [9.17, 15) is 4.79 Å². The van der Waals surface area contributed by atoms with Crippen molar-refractivity contribution in [2.24, 2.45) is 5.92 Å². The number of rotatable bonds is 4. The van der Waals surface area contributed by atoms with Crippen LogP contribution in [-0.2, 0) is 17.6 Å². The largest absolute Gasteiger partial charge is 0.490 e. The Morgan fingerprint density at radius 3 is 2.62 bits per heavy atom. The standard InChI is InChI=1S/C23H27N3O2S/c1-26-11-5-8-18(15-26)22(27)25-23(29)24-19-9-4-10-20(14-19)28-21-12-16-6-2-3-7-17(16)13-21/h2-4,6-7,9-10,14,18,21H,5,8,11-13,15H2,1H3,(H2,24,25,27,29). The topological polar surface area (TPSA) is 53.6 Å². The smallest absolute Gasteiger partial charge is 0.230 e. The highest BCUT2D eigenvalue weighted by atomic mass is 32.1. The number of carbonyl (C=O) groups is 1. The number of benzene rings is 2. The van der Waals surface area contributed by atoms with Gasteiger partial charge in [0.2, 0.25) is 5.91 Å². The first kappa shape index (κ1) is 19.9. The number of carbonyl (C=O) groups excluding carboxylic acids is 1. The Bertz CT molecular complexity index is 876. The Kier molecular flexibility index (Phi) is 6.11. The lowest BCUT2D eigenvalue weighted by Gasteiger charge is -2.28. The highest BCUT2D eigenvalue weighted by Crippen LogP contribution is 2.27. The van der Waals surface area contributed by atoms with Crippen molar-refractivity contribution < 1.29 is 9.53 Å². The van der Waals surface area contributed by atoms with Gasteiger partial charge in [0, 0.05) is 31.1 Å². The maximum Gasteiger partial charge on any atom is 0.230 e. The van der Waals surface area contributed by atoms with E-state index in [-0.39, 0.29) is 17.9 Å². The van der Waals surface area contributed by atoms with Gasteiger partial charge in [-0.1, -0.05) is 30.3 Å². The minimum atomic E-state index is -0.00910. The molecule has 1 unspecified atom stereocenters. The zero-order valence-electron chi connectivity index (χ0n) is 16.7. The summed E-state index contributed by atoms with van der Waals surface area (Å²) in [7, 11) is 2.05. The summed E-state index contributed by atoms with van der Waals surface area (Å²) in [4.78, 5) is 14.6. The van der Waals surface area contributed by atoms with Gasteiger partial charge in [0.05, 0.1) is 5.92 Å². The van der Waals surface area contributed by atoms with Gasteiger partial charge in [0.25, 0.3) is 0 Å². The van der Waals surface area contributed by atoms with Crippen molar-refractivity contribution in [2.45, 2.75) is 31.8 Å². The second kappa shape index (κ2) is 8.93. The molecule has 6 heteroatoms. The molecule has 1 fully saturated rings. The predicted molar refractivity (Wildman–Crippen MR) is 119 cm³/mol. The number of piperidine rings is 1. The van der Waals surface area contributed by atoms with Gasteiger partial charge in [-0.3, -0.25) is 4.79 Å². The highest BCUT2D eigenvalue weighted by Gasteiger charge is 2.25. The molecule has 0 aromatic heterocycles. The number of nitrogens with one attached hydrogen (secondary N) is 2. The molecule has 2 N–H and O–H groups in total. The number of amides is 1. The van der Waals surface area contributed by atoms with E-state index < -0.39 is 0 Å². The number of hydrogen-bond donors (Lipinski definition) is 2. The van der Waals surface area contributed by atoms with Crippen molar-refractivity contribution in [1.29, 1.82) is 0 Å². The molecule has 1 atom stereocenters. The minimum absolute atomic E-state index is 0.00725. The number of ether oxygens (including phenoxy) is 1. The third kappa shape index (κ3) is 5.14. The maximum atomic E-state index is 12.5. The van der Waals surface area contributed by atoms with E-state index in [2.05, 4.69) is 39.8 Å². The number of fused-ring (bicyclic) bond motifs is 1. The molecule has 2 aliphatic rings. The number of hydrogen-bond acceptors (Lipinski definition) is 4. The summed E-state index contributed by atoms with van der Waals surface area (Å²) in [5.74, 6) is 0.785. The molecule has 2 aromatic rings. The SMILES string of the molecule is CN1CCCC(C(=O)NC(=S)Nc2cccc(OC3Cc4ccccc4C3)c2)C1. The lowest BCUT2D eigenvalue weighted by Crippen LogP contribution is -2.44. The molecule has 4 rings (SSSR count). The van der Waals surface area contributed by atoms with E-state index in [1.54, 1.807) is 0 Å². The fourth-order valence-corrected chi connectivity index (χ4v) is 4.42. The number of nitrogens with zero attached hydrogens (tertiary/aromatic N) is 1. The van der Waals surface area contributed by atoms with E-state index in [4.69, 9.17) is 17.0 Å². The fraction of sp³-hybridized carbons (Fsp3) is 0.391. The van der Waals surface area contributed by atoms with Gasteiger partial charge >= 0.3 is 0 Å². The second-order valence-electron chi connectivity index (χ2n) is 7.99. The summed E-state index contributed by atoms with van der Waals surface area (Å²) in [6, 6.07) is 16.2. The van der Waals surface area contributed by atoms with Crippen LogP contribution < -0.4 is 15.4 Å². The Hall–Kier alpha value is -2.44. The third-order valence-electron chi connectivity index (χ3n) is 5.64. The molecule has 0 saturated carbocycles. The monoisotopic (exact) mass is 409 g/mol. The van der Waals surface area contributed by atoms with Crippen LogP contribution in [0.25, 0.3) is 0 Å². The summed E-state index contributed by atoms with van der Waals surface area (Å²) in [6.07, 6.45) is 3.96. The van der Waals surface area contributed by atoms with Crippen LogP contribution >= 0.6 is 12.2 Å². The van der Waals surface area contributed by atoms with Gasteiger partial charge in [0.1, 0.15) is 11.9 Å². The molecule has 29 heavy (non-hydrogen) atoms. The fourth-order valence-electron chi connectivity index (χ4n) is 4.20. The molecule has 1 aliphatic heterocycles. The zero-order chi connectivity index (χ0) is 20.2. The Morgan fingerprint density at radius 1 is 1.14 bits per heavy atom. The van der Waals surface area contributed by atoms with Crippen molar-refractivity contribution in [2.75, 3.05) is 25.5 Å². The minimum Gasteiger partial charge on any atom is -0.490 e. The van der Waals surface area contributed by atoms with Crippen molar-refractivity contribution in [3.63, 3.8) is 0 Å². The molecule has 0 spiro atoms. The second-order valence-corrected chi connectivity index (χ2v) is 8.40. The van der Waals surface area contributed by atoms with Crippen molar-refractivity contribution in [3.8, 4) is 5.75 Å². The van der Waals surface area contributed by atoms with E-state index in [0.717, 1.165) is 50.2 Å². The molecular formula is C23H27N3O2S. The van der Waals surface area contributed by atoms with Gasteiger partial charge < -0.3 is 20.3 Å². The molecule has 152 valence electrons. The van der Waals surface area contributed by atoms with Crippen LogP contribution in [0.5, 0.6) is 5.75 Å². The quantitative estimate of drug-likeness (QED) is 0.758. The molecule has 0 radical (unpaired) electrons. The first-order chi connectivity index (χ1) is 14.1. The summed E-state index contributed by atoms with van der Waals surface area (Å²) in [6.45, 7) is 1.83. The van der Waals surface area contributed by atoms with Crippen LogP contribution in [0.15, 0.2) is 48.5 Å². The van der Waals surface area contributed by atoms with Crippen LogP contribution in [-0.4, -0.2) is 42.2 Å². The predicted octanol–water partition coefficient (Wildman–Crippen LogP) is 3.39. The molecule has 5 nitrogen and oxygen atoms in total. The van der Waals surface area contributed by atoms with Gasteiger partial charge in [-0.05, 0) is 61.9 Å². The lowest BCUT2D eigenvalue weighted by molar-refractivity contribution is -0.125. The Labute approximate surface area is 177 Å². The molecule has 1 aliphatic carbocycles. The van der Waals surface area contributed by atoms with Crippen LogP contribution in [0.1, 0.15) is 24.0 Å². The molecular weight excluding hydrogens is 382 g/mol. The van der Waals surface area contributed by atoms with E-state index in [1.807, 2.05) is 31.3 Å². The van der Waals surface area contributed by atoms with E-state index in [1.165, 1.54) is 11.1 Å². The molecule has 1 heterocycles. The van der Waals surface area contributed by atoms with Gasteiger partial charge in [0.15, 0.2) is 5.11 Å².